The van der Waals surface area contributed by atoms with Crippen LogP contribution in [0.4, 0.5) is 17.2 Å². The van der Waals surface area contributed by atoms with Crippen molar-refractivity contribution in [1.82, 2.24) is 9.29 Å². The van der Waals surface area contributed by atoms with Gasteiger partial charge in [0.25, 0.3) is 5.91 Å². The van der Waals surface area contributed by atoms with Gasteiger partial charge in [-0.2, -0.15) is 4.31 Å². The van der Waals surface area contributed by atoms with Gasteiger partial charge in [0.15, 0.2) is 0 Å². The van der Waals surface area contributed by atoms with Gasteiger partial charge >= 0.3 is 0 Å². The average Bonchev–Trinajstić information content (AvgIpc) is 3.44. The number of carbonyl (C=O) groups is 1. The summed E-state index contributed by atoms with van der Waals surface area (Å²) in [6, 6.07) is 18.7. The highest BCUT2D eigenvalue weighted by molar-refractivity contribution is 7.89. The van der Waals surface area contributed by atoms with E-state index in [2.05, 4.69) is 4.98 Å². The number of hydrogen-bond donors (Lipinski definition) is 0. The molecule has 8 heteroatoms. The molecular weight excluding hydrogens is 448 g/mol. The Balaban J connectivity index is 1.37. The van der Waals surface area contributed by atoms with Crippen LogP contribution in [0.3, 0.4) is 0 Å². The number of anilines is 3. The first-order valence-electron chi connectivity index (χ1n) is 11.6. The number of rotatable bonds is 5. The number of fused-ring (bicyclic) bond motifs is 1. The van der Waals surface area contributed by atoms with Gasteiger partial charge in [-0.15, -0.1) is 0 Å². The number of aromatic nitrogens is 1. The first-order valence-corrected chi connectivity index (χ1v) is 13.1. The van der Waals surface area contributed by atoms with E-state index < -0.39 is 10.0 Å². The molecule has 1 aromatic heterocycles. The van der Waals surface area contributed by atoms with Crippen LogP contribution in [-0.4, -0.2) is 50.3 Å². The molecular formula is C26H28N4O3S. The number of nitrogens with zero attached hydrogens (tertiary/aromatic N) is 4. The lowest BCUT2D eigenvalue weighted by atomic mass is 10.0. The maximum absolute atomic E-state index is 13.4. The Morgan fingerprint density at radius 3 is 2.41 bits per heavy atom. The molecule has 176 valence electrons. The van der Waals surface area contributed by atoms with E-state index in [-0.39, 0.29) is 5.91 Å². The molecule has 0 radical (unpaired) electrons. The summed E-state index contributed by atoms with van der Waals surface area (Å²) in [6.45, 7) is 1.74. The summed E-state index contributed by atoms with van der Waals surface area (Å²) < 4.78 is 27.5. The third-order valence-electron chi connectivity index (χ3n) is 6.60. The fourth-order valence-corrected chi connectivity index (χ4v) is 6.24. The molecule has 34 heavy (non-hydrogen) atoms. The van der Waals surface area contributed by atoms with Crippen molar-refractivity contribution >= 4 is 33.1 Å². The second-order valence-corrected chi connectivity index (χ2v) is 10.7. The SMILES string of the molecule is CN(c1ccccc1)c1ccc(C(=O)N2CCCc3cc(S(=O)(=O)N4CCCC4)ccc32)cn1. The molecule has 0 saturated carbocycles. The second-order valence-electron chi connectivity index (χ2n) is 8.76. The van der Waals surface area contributed by atoms with Gasteiger partial charge in [-0.3, -0.25) is 4.79 Å². The maximum Gasteiger partial charge on any atom is 0.259 e. The van der Waals surface area contributed by atoms with E-state index in [1.54, 1.807) is 39.7 Å². The zero-order valence-electron chi connectivity index (χ0n) is 19.2. The molecule has 2 aromatic carbocycles. The summed E-state index contributed by atoms with van der Waals surface area (Å²) in [5.74, 6) is 0.621. The standard InChI is InChI=1S/C26H28N4O3S/c1-28(22-9-3-2-4-10-22)25-14-11-21(19-27-25)26(31)30-17-7-8-20-18-23(12-13-24(20)30)34(32,33)29-15-5-6-16-29/h2-4,9-14,18-19H,5-8,15-17H2,1H3. The third kappa shape index (κ3) is 4.19. The molecule has 1 fully saturated rings. The van der Waals surface area contributed by atoms with Crippen LogP contribution < -0.4 is 9.80 Å². The van der Waals surface area contributed by atoms with Gasteiger partial charge in [-0.1, -0.05) is 18.2 Å². The number of sulfonamides is 1. The van der Waals surface area contributed by atoms with E-state index in [1.807, 2.05) is 48.3 Å². The van der Waals surface area contributed by atoms with Crippen molar-refractivity contribution in [3.63, 3.8) is 0 Å². The minimum atomic E-state index is -3.48. The summed E-state index contributed by atoms with van der Waals surface area (Å²) in [6.07, 6.45) is 4.95. The Hall–Kier alpha value is -3.23. The third-order valence-corrected chi connectivity index (χ3v) is 8.49. The van der Waals surface area contributed by atoms with Gasteiger partial charge in [0, 0.05) is 44.3 Å². The normalized spacial score (nSPS) is 16.3. The van der Waals surface area contributed by atoms with E-state index >= 15 is 0 Å². The molecule has 3 heterocycles. The van der Waals surface area contributed by atoms with Gasteiger partial charge < -0.3 is 9.80 Å². The van der Waals surface area contributed by atoms with Crippen molar-refractivity contribution in [2.75, 3.05) is 36.5 Å². The second kappa shape index (κ2) is 9.19. The lowest BCUT2D eigenvalue weighted by Gasteiger charge is -2.30. The lowest BCUT2D eigenvalue weighted by Crippen LogP contribution is -2.36. The van der Waals surface area contributed by atoms with E-state index in [0.717, 1.165) is 48.4 Å². The van der Waals surface area contributed by atoms with Gasteiger partial charge in [-0.25, -0.2) is 13.4 Å². The minimum absolute atomic E-state index is 0.127. The van der Waals surface area contributed by atoms with Crippen LogP contribution in [0.15, 0.2) is 71.8 Å². The molecule has 0 spiro atoms. The molecule has 2 aliphatic rings. The number of amides is 1. The largest absolute Gasteiger partial charge is 0.329 e. The molecule has 0 unspecified atom stereocenters. The summed E-state index contributed by atoms with van der Waals surface area (Å²) in [7, 11) is -1.54. The number of hydrogen-bond acceptors (Lipinski definition) is 5. The van der Waals surface area contributed by atoms with Crippen molar-refractivity contribution < 1.29 is 13.2 Å². The predicted molar refractivity (Wildman–Crippen MR) is 133 cm³/mol. The van der Waals surface area contributed by atoms with Gasteiger partial charge in [0.2, 0.25) is 10.0 Å². The highest BCUT2D eigenvalue weighted by Crippen LogP contribution is 2.32. The first-order chi connectivity index (χ1) is 16.4. The van der Waals surface area contributed by atoms with Gasteiger partial charge in [0.1, 0.15) is 5.82 Å². The monoisotopic (exact) mass is 476 g/mol. The van der Waals surface area contributed by atoms with Crippen LogP contribution in [0.5, 0.6) is 0 Å². The Labute approximate surface area is 200 Å². The van der Waals surface area contributed by atoms with E-state index in [9.17, 15) is 13.2 Å². The van der Waals surface area contributed by atoms with Crippen LogP contribution in [0.1, 0.15) is 35.2 Å². The van der Waals surface area contributed by atoms with Crippen molar-refractivity contribution in [1.29, 1.82) is 0 Å². The fraction of sp³-hybridized carbons (Fsp3) is 0.308. The molecule has 7 nitrogen and oxygen atoms in total. The number of aryl methyl sites for hydroxylation is 1. The number of carbonyl (C=O) groups excluding carboxylic acids is 1. The zero-order valence-corrected chi connectivity index (χ0v) is 20.0. The molecule has 5 rings (SSSR count). The van der Waals surface area contributed by atoms with Crippen molar-refractivity contribution in [3.8, 4) is 0 Å². The average molecular weight is 477 g/mol. The quantitative estimate of drug-likeness (QED) is 0.551. The Morgan fingerprint density at radius 1 is 0.941 bits per heavy atom. The summed E-state index contributed by atoms with van der Waals surface area (Å²) in [5.41, 5.74) is 3.20. The topological polar surface area (TPSA) is 73.8 Å². The summed E-state index contributed by atoms with van der Waals surface area (Å²) >= 11 is 0. The molecule has 0 N–H and O–H groups in total. The Morgan fingerprint density at radius 2 is 1.71 bits per heavy atom. The predicted octanol–water partition coefficient (Wildman–Crippen LogP) is 4.23. The maximum atomic E-state index is 13.4. The van der Waals surface area contributed by atoms with Crippen LogP contribution >= 0.6 is 0 Å². The van der Waals surface area contributed by atoms with E-state index in [0.29, 0.717) is 30.1 Å². The van der Waals surface area contributed by atoms with Crippen LogP contribution in [0, 0.1) is 0 Å². The lowest BCUT2D eigenvalue weighted by molar-refractivity contribution is 0.0984. The summed E-state index contributed by atoms with van der Waals surface area (Å²) in [4.78, 5) is 21.9. The van der Waals surface area contributed by atoms with Gasteiger partial charge in [0.05, 0.1) is 10.5 Å². The molecule has 1 amide bonds. The van der Waals surface area contributed by atoms with Crippen LogP contribution in [0.2, 0.25) is 0 Å². The molecule has 0 atom stereocenters. The number of pyridine rings is 1. The van der Waals surface area contributed by atoms with Crippen LogP contribution in [0.25, 0.3) is 0 Å². The van der Waals surface area contributed by atoms with Crippen LogP contribution in [-0.2, 0) is 16.4 Å². The highest BCUT2D eigenvalue weighted by atomic mass is 32.2. The van der Waals surface area contributed by atoms with Gasteiger partial charge in [-0.05, 0) is 73.7 Å². The van der Waals surface area contributed by atoms with E-state index in [1.165, 1.54) is 0 Å². The van der Waals surface area contributed by atoms with Crippen molar-refractivity contribution in [3.05, 3.63) is 78.0 Å². The Kier molecular flexibility index (Phi) is 6.10. The molecule has 3 aromatic rings. The van der Waals surface area contributed by atoms with Crippen molar-refractivity contribution in [2.45, 2.75) is 30.6 Å². The molecule has 0 bridgehead atoms. The number of benzene rings is 2. The molecule has 2 aliphatic heterocycles. The summed E-state index contributed by atoms with van der Waals surface area (Å²) in [5, 5.41) is 0. The fourth-order valence-electron chi connectivity index (χ4n) is 4.67. The van der Waals surface area contributed by atoms with Crippen molar-refractivity contribution in [2.24, 2.45) is 0 Å². The molecule has 0 aliphatic carbocycles. The van der Waals surface area contributed by atoms with E-state index in [4.69, 9.17) is 0 Å². The number of para-hydroxylation sites is 1. The zero-order chi connectivity index (χ0) is 23.7. The minimum Gasteiger partial charge on any atom is -0.329 e. The smallest absolute Gasteiger partial charge is 0.259 e. The molecule has 1 saturated heterocycles. The Bertz CT molecular complexity index is 1290. The first kappa shape index (κ1) is 22.6. The highest BCUT2D eigenvalue weighted by Gasteiger charge is 2.30.